The molecule has 0 N–H and O–H groups in total. The van der Waals surface area contributed by atoms with Crippen molar-refractivity contribution < 1.29 is 14.1 Å². The van der Waals surface area contributed by atoms with Crippen molar-refractivity contribution in [2.75, 3.05) is 6.61 Å². The molecule has 2 rings (SSSR count). The lowest BCUT2D eigenvalue weighted by molar-refractivity contribution is -0.125. The van der Waals surface area contributed by atoms with Gasteiger partial charge in [-0.1, -0.05) is 25.9 Å². The first-order chi connectivity index (χ1) is 7.97. The number of ether oxygens (including phenoxy) is 1. The van der Waals surface area contributed by atoms with E-state index in [0.717, 1.165) is 19.4 Å². The maximum atomic E-state index is 11.8. The molecule has 1 aliphatic heterocycles. The van der Waals surface area contributed by atoms with Crippen molar-refractivity contribution >= 4 is 5.78 Å². The highest BCUT2D eigenvalue weighted by Gasteiger charge is 2.26. The topological polar surface area (TPSA) is 65.2 Å². The Hall–Kier alpha value is -1.23. The van der Waals surface area contributed by atoms with E-state index in [4.69, 9.17) is 9.26 Å². The van der Waals surface area contributed by atoms with Gasteiger partial charge in [-0.05, 0) is 12.8 Å². The fourth-order valence-electron chi connectivity index (χ4n) is 1.65. The molecule has 0 bridgehead atoms. The fraction of sp³-hybridized carbons (Fsp3) is 0.750. The van der Waals surface area contributed by atoms with Crippen molar-refractivity contribution in [3.05, 3.63) is 11.7 Å². The molecule has 1 saturated heterocycles. The summed E-state index contributed by atoms with van der Waals surface area (Å²) in [6, 6.07) is 0. The smallest absolute Gasteiger partial charge is 0.234 e. The number of hydrogen-bond donors (Lipinski definition) is 0. The molecule has 5 heteroatoms. The second-order valence-corrected chi connectivity index (χ2v) is 5.40. The van der Waals surface area contributed by atoms with Crippen LogP contribution in [0.5, 0.6) is 0 Å². The molecule has 1 unspecified atom stereocenters. The summed E-state index contributed by atoms with van der Waals surface area (Å²) in [5.41, 5.74) is -0.376. The molecule has 0 radical (unpaired) electrons. The largest absolute Gasteiger partial charge is 0.370 e. The zero-order valence-corrected chi connectivity index (χ0v) is 10.5. The molecule has 0 spiro atoms. The number of ketones is 1. The first-order valence-electron chi connectivity index (χ1n) is 5.94. The molecular weight excluding hydrogens is 220 g/mol. The van der Waals surface area contributed by atoms with E-state index in [9.17, 15) is 4.79 Å². The third kappa shape index (κ3) is 2.91. The van der Waals surface area contributed by atoms with Crippen molar-refractivity contribution in [2.24, 2.45) is 5.41 Å². The molecule has 0 aromatic carbocycles. The summed E-state index contributed by atoms with van der Waals surface area (Å²) < 4.78 is 10.5. The molecule has 1 aromatic rings. The molecule has 1 aromatic heterocycles. The van der Waals surface area contributed by atoms with Crippen LogP contribution < -0.4 is 0 Å². The van der Waals surface area contributed by atoms with Gasteiger partial charge in [0.1, 0.15) is 11.9 Å². The highest BCUT2D eigenvalue weighted by Crippen LogP contribution is 2.26. The predicted molar refractivity (Wildman–Crippen MR) is 60.4 cm³/mol. The minimum atomic E-state index is -0.376. The highest BCUT2D eigenvalue weighted by atomic mass is 16.5. The van der Waals surface area contributed by atoms with E-state index in [-0.39, 0.29) is 23.7 Å². The zero-order chi connectivity index (χ0) is 12.5. The Morgan fingerprint density at radius 2 is 2.24 bits per heavy atom. The van der Waals surface area contributed by atoms with E-state index in [1.54, 1.807) is 0 Å². The maximum Gasteiger partial charge on any atom is 0.234 e. The lowest BCUT2D eigenvalue weighted by Gasteiger charge is -2.14. The molecule has 2 heterocycles. The minimum absolute atomic E-state index is 0.0581. The Morgan fingerprint density at radius 1 is 1.47 bits per heavy atom. The van der Waals surface area contributed by atoms with E-state index in [2.05, 4.69) is 10.1 Å². The lowest BCUT2D eigenvalue weighted by Crippen LogP contribution is -2.22. The quantitative estimate of drug-likeness (QED) is 0.806. The number of nitrogens with zero attached hydrogens (tertiary/aromatic N) is 2. The van der Waals surface area contributed by atoms with Crippen LogP contribution in [0.1, 0.15) is 51.4 Å². The van der Waals surface area contributed by atoms with Crippen LogP contribution in [-0.2, 0) is 16.0 Å². The Morgan fingerprint density at radius 3 is 2.82 bits per heavy atom. The van der Waals surface area contributed by atoms with Crippen LogP contribution in [0.15, 0.2) is 4.52 Å². The number of aromatic nitrogens is 2. The van der Waals surface area contributed by atoms with Crippen LogP contribution in [0.25, 0.3) is 0 Å². The summed E-state index contributed by atoms with van der Waals surface area (Å²) in [5.74, 6) is 1.05. The van der Waals surface area contributed by atoms with Gasteiger partial charge in [-0.2, -0.15) is 4.98 Å². The first kappa shape index (κ1) is 12.2. The molecule has 0 saturated carbocycles. The van der Waals surface area contributed by atoms with Gasteiger partial charge in [-0.15, -0.1) is 0 Å². The van der Waals surface area contributed by atoms with Crippen molar-refractivity contribution in [2.45, 2.75) is 46.1 Å². The summed E-state index contributed by atoms with van der Waals surface area (Å²) in [7, 11) is 0. The Kier molecular flexibility index (Phi) is 3.28. The molecule has 0 aliphatic carbocycles. The van der Waals surface area contributed by atoms with E-state index in [1.807, 2.05) is 20.8 Å². The van der Waals surface area contributed by atoms with E-state index < -0.39 is 0 Å². The van der Waals surface area contributed by atoms with Crippen molar-refractivity contribution in [1.82, 2.24) is 10.1 Å². The highest BCUT2D eigenvalue weighted by molar-refractivity contribution is 5.84. The van der Waals surface area contributed by atoms with E-state index in [1.165, 1.54) is 0 Å². The van der Waals surface area contributed by atoms with Gasteiger partial charge in [0.2, 0.25) is 11.7 Å². The van der Waals surface area contributed by atoms with Gasteiger partial charge in [0.25, 0.3) is 0 Å². The van der Waals surface area contributed by atoms with Gasteiger partial charge in [-0.3, -0.25) is 4.79 Å². The molecule has 5 nitrogen and oxygen atoms in total. The number of rotatable bonds is 3. The van der Waals surface area contributed by atoms with Crippen LogP contribution in [-0.4, -0.2) is 22.5 Å². The maximum absolute atomic E-state index is 11.8. The molecule has 0 amide bonds. The monoisotopic (exact) mass is 238 g/mol. The number of hydrogen-bond acceptors (Lipinski definition) is 5. The predicted octanol–water partition coefficient (Wildman–Crippen LogP) is 2.08. The summed E-state index contributed by atoms with van der Waals surface area (Å²) >= 11 is 0. The lowest BCUT2D eigenvalue weighted by atomic mass is 9.89. The van der Waals surface area contributed by atoms with E-state index >= 15 is 0 Å². The van der Waals surface area contributed by atoms with Crippen LogP contribution in [0.3, 0.4) is 0 Å². The number of carbonyl (C=O) groups excluding carboxylic acids is 1. The average molecular weight is 238 g/mol. The van der Waals surface area contributed by atoms with E-state index in [0.29, 0.717) is 11.7 Å². The third-order valence-electron chi connectivity index (χ3n) is 2.85. The Balaban J connectivity index is 2.01. The number of carbonyl (C=O) groups is 1. The molecule has 1 fully saturated rings. The summed E-state index contributed by atoms with van der Waals surface area (Å²) in [6.45, 7) is 6.39. The van der Waals surface area contributed by atoms with Crippen LogP contribution in [0, 0.1) is 5.41 Å². The molecule has 1 atom stereocenters. The van der Waals surface area contributed by atoms with Crippen LogP contribution in [0.4, 0.5) is 0 Å². The summed E-state index contributed by atoms with van der Waals surface area (Å²) in [5, 5.41) is 3.87. The fourth-order valence-corrected chi connectivity index (χ4v) is 1.65. The average Bonchev–Trinajstić information content (AvgIpc) is 2.83. The SMILES string of the molecule is CC(C)(C)C(=O)Cc1nc(C2CCCO2)no1. The minimum Gasteiger partial charge on any atom is -0.370 e. The first-order valence-corrected chi connectivity index (χ1v) is 5.94. The normalized spacial score (nSPS) is 20.8. The van der Waals surface area contributed by atoms with Crippen molar-refractivity contribution in [1.29, 1.82) is 0 Å². The Bertz CT molecular complexity index is 400. The Labute approximate surface area is 101 Å². The second kappa shape index (κ2) is 4.56. The number of Topliss-reactive ketones (excluding diaryl/α,β-unsaturated/α-hetero) is 1. The summed E-state index contributed by atoms with van der Waals surface area (Å²) in [4.78, 5) is 16.0. The van der Waals surface area contributed by atoms with Gasteiger partial charge in [-0.25, -0.2) is 0 Å². The zero-order valence-electron chi connectivity index (χ0n) is 10.5. The summed E-state index contributed by atoms with van der Waals surface area (Å²) in [6.07, 6.45) is 2.09. The molecule has 17 heavy (non-hydrogen) atoms. The standard InChI is InChI=1S/C12H18N2O3/c1-12(2,3)9(15)7-10-13-11(14-17-10)8-5-4-6-16-8/h8H,4-7H2,1-3H3. The van der Waals surface area contributed by atoms with Gasteiger partial charge >= 0.3 is 0 Å². The second-order valence-electron chi connectivity index (χ2n) is 5.40. The van der Waals surface area contributed by atoms with Crippen molar-refractivity contribution in [3.8, 4) is 0 Å². The van der Waals surface area contributed by atoms with Crippen LogP contribution in [0.2, 0.25) is 0 Å². The molecular formula is C12H18N2O3. The van der Waals surface area contributed by atoms with Crippen LogP contribution >= 0.6 is 0 Å². The van der Waals surface area contributed by atoms with Crippen molar-refractivity contribution in [3.63, 3.8) is 0 Å². The molecule has 1 aliphatic rings. The molecule has 94 valence electrons. The van der Waals surface area contributed by atoms with Gasteiger partial charge in [0.05, 0.1) is 6.42 Å². The van der Waals surface area contributed by atoms with Gasteiger partial charge < -0.3 is 9.26 Å². The van der Waals surface area contributed by atoms with Gasteiger partial charge in [0.15, 0.2) is 0 Å². The van der Waals surface area contributed by atoms with Gasteiger partial charge in [0, 0.05) is 12.0 Å². The third-order valence-corrected chi connectivity index (χ3v) is 2.85.